The number of anilines is 2. The van der Waals surface area contributed by atoms with Crippen molar-refractivity contribution >= 4 is 29.1 Å². The highest BCUT2D eigenvalue weighted by Gasteiger charge is 2.67. The molecular weight excluding hydrogens is 376 g/mol. The van der Waals surface area contributed by atoms with E-state index in [0.717, 1.165) is 17.7 Å². The minimum Gasteiger partial charge on any atom is -0.322 e. The Morgan fingerprint density at radius 1 is 0.933 bits per heavy atom. The summed E-state index contributed by atoms with van der Waals surface area (Å²) in [6, 6.07) is 14.4. The molecule has 3 amide bonds. The van der Waals surface area contributed by atoms with E-state index in [1.165, 1.54) is 4.90 Å². The number of allylic oxidation sites excluding steroid dienone is 2. The van der Waals surface area contributed by atoms with Crippen LogP contribution in [-0.4, -0.2) is 17.7 Å². The summed E-state index contributed by atoms with van der Waals surface area (Å²) < 4.78 is 0. The van der Waals surface area contributed by atoms with Crippen molar-refractivity contribution in [3.8, 4) is 0 Å². The number of nitrogens with zero attached hydrogens (tertiary/aromatic N) is 1. The summed E-state index contributed by atoms with van der Waals surface area (Å²) in [5.41, 5.74) is 2.84. The van der Waals surface area contributed by atoms with Gasteiger partial charge in [0.2, 0.25) is 11.8 Å². The maximum absolute atomic E-state index is 13.2. The van der Waals surface area contributed by atoms with Crippen LogP contribution < -0.4 is 10.2 Å². The molecule has 4 aliphatic carbocycles. The summed E-state index contributed by atoms with van der Waals surface area (Å²) >= 11 is 0. The number of nitrogens with one attached hydrogen (secondary N) is 1. The van der Waals surface area contributed by atoms with Crippen LogP contribution in [0.15, 0.2) is 60.7 Å². The number of carbonyl (C=O) groups excluding carboxylic acids is 3. The number of imide groups is 1. The van der Waals surface area contributed by atoms with Gasteiger partial charge in [0.1, 0.15) is 0 Å². The molecule has 0 aromatic heterocycles. The number of hydrogen-bond donors (Lipinski definition) is 1. The molecule has 5 nitrogen and oxygen atoms in total. The van der Waals surface area contributed by atoms with E-state index in [2.05, 4.69) is 17.5 Å². The van der Waals surface area contributed by atoms with Gasteiger partial charge in [0.25, 0.3) is 5.91 Å². The molecular formula is C25H22N2O3. The van der Waals surface area contributed by atoms with E-state index in [0.29, 0.717) is 23.1 Å². The largest absolute Gasteiger partial charge is 0.322 e. The quantitative estimate of drug-likeness (QED) is 0.632. The van der Waals surface area contributed by atoms with Crippen LogP contribution in [0.5, 0.6) is 0 Å². The van der Waals surface area contributed by atoms with E-state index in [-0.39, 0.29) is 41.4 Å². The Balaban J connectivity index is 1.23. The van der Waals surface area contributed by atoms with Crippen LogP contribution in [0.4, 0.5) is 11.4 Å². The van der Waals surface area contributed by atoms with Crippen molar-refractivity contribution < 1.29 is 14.4 Å². The standard InChI is InChI=1S/C25H22N2O3/c1-13-3-2-4-15(11-13)26-23(28)14-5-7-16(8-6-14)27-24(29)21-17-9-10-18(20-12-19(17)20)22(21)25(27)30/h2-11,17-22H,12H2,1H3,(H,26,28)/t17-,18-,19-,20-,21+,22+/m1/s1. The summed E-state index contributed by atoms with van der Waals surface area (Å²) in [6.07, 6.45) is 5.50. The molecule has 5 aliphatic rings. The molecule has 150 valence electrons. The zero-order valence-electron chi connectivity index (χ0n) is 16.6. The molecule has 0 radical (unpaired) electrons. The Morgan fingerprint density at radius 2 is 1.57 bits per heavy atom. The average molecular weight is 398 g/mol. The van der Waals surface area contributed by atoms with E-state index in [1.807, 2.05) is 31.2 Å². The Hall–Kier alpha value is -3.21. The van der Waals surface area contributed by atoms with Gasteiger partial charge in [-0.1, -0.05) is 24.3 Å². The highest BCUT2D eigenvalue weighted by atomic mass is 16.2. The molecule has 6 atom stereocenters. The third kappa shape index (κ3) is 2.44. The first-order valence-corrected chi connectivity index (χ1v) is 10.6. The van der Waals surface area contributed by atoms with Crippen molar-refractivity contribution in [2.45, 2.75) is 13.3 Å². The van der Waals surface area contributed by atoms with Crippen molar-refractivity contribution in [2.75, 3.05) is 10.2 Å². The van der Waals surface area contributed by atoms with Crippen LogP contribution in [0.3, 0.4) is 0 Å². The number of benzene rings is 2. The summed E-state index contributed by atoms with van der Waals surface area (Å²) in [4.78, 5) is 40.3. The van der Waals surface area contributed by atoms with E-state index < -0.39 is 0 Å². The molecule has 2 aromatic rings. The van der Waals surface area contributed by atoms with E-state index in [4.69, 9.17) is 0 Å². The lowest BCUT2D eigenvalue weighted by Crippen LogP contribution is -2.40. The molecule has 2 aromatic carbocycles. The van der Waals surface area contributed by atoms with E-state index >= 15 is 0 Å². The Kier molecular flexibility index (Phi) is 3.61. The number of amides is 3. The fourth-order valence-electron chi connectivity index (χ4n) is 5.90. The number of rotatable bonds is 3. The molecule has 0 spiro atoms. The second-order valence-corrected chi connectivity index (χ2v) is 9.04. The molecule has 2 bridgehead atoms. The molecule has 5 heteroatoms. The van der Waals surface area contributed by atoms with Crippen LogP contribution in [-0.2, 0) is 9.59 Å². The smallest absolute Gasteiger partial charge is 0.255 e. The molecule has 7 rings (SSSR count). The molecule has 0 unspecified atom stereocenters. The predicted octanol–water partition coefficient (Wildman–Crippen LogP) is 3.80. The van der Waals surface area contributed by atoms with Crippen LogP contribution in [0.2, 0.25) is 0 Å². The normalized spacial score (nSPS) is 32.8. The molecule has 30 heavy (non-hydrogen) atoms. The second-order valence-electron chi connectivity index (χ2n) is 9.04. The van der Waals surface area contributed by atoms with Gasteiger partial charge < -0.3 is 5.32 Å². The highest BCUT2D eigenvalue weighted by Crippen LogP contribution is 2.65. The number of hydrogen-bond acceptors (Lipinski definition) is 3. The fraction of sp³-hybridized carbons (Fsp3) is 0.320. The SMILES string of the molecule is Cc1cccc(NC(=O)c2ccc(N3C(=O)[C@H]4[C@@H]5C=C[C@H]([C@H]6C[C@H]56)[C@@H]4C3=O)cc2)c1. The van der Waals surface area contributed by atoms with Gasteiger partial charge in [-0.2, -0.15) is 0 Å². The Morgan fingerprint density at radius 3 is 2.17 bits per heavy atom. The first-order valence-electron chi connectivity index (χ1n) is 10.6. The monoisotopic (exact) mass is 398 g/mol. The zero-order chi connectivity index (χ0) is 20.6. The summed E-state index contributed by atoms with van der Waals surface area (Å²) in [5.74, 6) is 0.814. The highest BCUT2D eigenvalue weighted by molar-refractivity contribution is 6.22. The summed E-state index contributed by atoms with van der Waals surface area (Å²) in [6.45, 7) is 1.97. The van der Waals surface area contributed by atoms with Gasteiger partial charge in [0.15, 0.2) is 0 Å². The van der Waals surface area contributed by atoms with Gasteiger partial charge in [0.05, 0.1) is 17.5 Å². The summed E-state index contributed by atoms with van der Waals surface area (Å²) in [5, 5.41) is 2.88. The van der Waals surface area contributed by atoms with Crippen LogP contribution in [0.25, 0.3) is 0 Å². The lowest BCUT2D eigenvalue weighted by molar-refractivity contribution is -0.124. The lowest BCUT2D eigenvalue weighted by Gasteiger charge is -2.37. The first kappa shape index (κ1) is 17.6. The topological polar surface area (TPSA) is 66.5 Å². The van der Waals surface area contributed by atoms with Crippen molar-refractivity contribution in [1.29, 1.82) is 0 Å². The fourth-order valence-corrected chi connectivity index (χ4v) is 5.90. The molecule has 2 saturated carbocycles. The van der Waals surface area contributed by atoms with Crippen molar-refractivity contribution in [2.24, 2.45) is 35.5 Å². The molecule has 1 aliphatic heterocycles. The maximum Gasteiger partial charge on any atom is 0.255 e. The van der Waals surface area contributed by atoms with E-state index in [1.54, 1.807) is 24.3 Å². The molecule has 1 N–H and O–H groups in total. The number of carbonyl (C=O) groups is 3. The third-order valence-electron chi connectivity index (χ3n) is 7.33. The maximum atomic E-state index is 13.2. The average Bonchev–Trinajstić information content (AvgIpc) is 3.52. The first-order chi connectivity index (χ1) is 14.5. The second kappa shape index (κ2) is 6.14. The third-order valence-corrected chi connectivity index (χ3v) is 7.33. The summed E-state index contributed by atoms with van der Waals surface area (Å²) in [7, 11) is 0. The molecule has 1 saturated heterocycles. The number of aryl methyl sites for hydroxylation is 1. The Bertz CT molecular complexity index is 1080. The van der Waals surface area contributed by atoms with Crippen LogP contribution in [0, 0.1) is 42.4 Å². The van der Waals surface area contributed by atoms with Gasteiger partial charge in [-0.3, -0.25) is 19.3 Å². The molecule has 1 heterocycles. The van der Waals surface area contributed by atoms with Gasteiger partial charge in [-0.05, 0) is 79.0 Å². The lowest BCUT2D eigenvalue weighted by atomic mass is 9.63. The van der Waals surface area contributed by atoms with Crippen LogP contribution in [0.1, 0.15) is 22.3 Å². The van der Waals surface area contributed by atoms with Gasteiger partial charge >= 0.3 is 0 Å². The minimum atomic E-state index is -0.220. The van der Waals surface area contributed by atoms with Crippen molar-refractivity contribution in [3.05, 3.63) is 71.8 Å². The predicted molar refractivity (Wildman–Crippen MR) is 113 cm³/mol. The van der Waals surface area contributed by atoms with Gasteiger partial charge in [-0.15, -0.1) is 0 Å². The van der Waals surface area contributed by atoms with Crippen molar-refractivity contribution in [1.82, 2.24) is 0 Å². The van der Waals surface area contributed by atoms with Crippen molar-refractivity contribution in [3.63, 3.8) is 0 Å². The zero-order valence-corrected chi connectivity index (χ0v) is 16.6. The van der Waals surface area contributed by atoms with Crippen LogP contribution >= 0.6 is 0 Å². The minimum absolute atomic E-state index is 0.0772. The van der Waals surface area contributed by atoms with Gasteiger partial charge in [0, 0.05) is 11.3 Å². The Labute approximate surface area is 174 Å². The van der Waals surface area contributed by atoms with E-state index in [9.17, 15) is 14.4 Å². The molecule has 3 fully saturated rings. The van der Waals surface area contributed by atoms with Gasteiger partial charge in [-0.25, -0.2) is 0 Å².